The Labute approximate surface area is 148 Å². The van der Waals surface area contributed by atoms with E-state index in [-0.39, 0.29) is 0 Å². The maximum absolute atomic E-state index is 4.26. The number of aromatic nitrogens is 3. The Morgan fingerprint density at radius 1 is 0.960 bits per heavy atom. The van der Waals surface area contributed by atoms with Crippen LogP contribution in [0.3, 0.4) is 0 Å². The van der Waals surface area contributed by atoms with Gasteiger partial charge < -0.3 is 10.2 Å². The highest BCUT2D eigenvalue weighted by Gasteiger charge is 2.22. The predicted molar refractivity (Wildman–Crippen MR) is 99.8 cm³/mol. The van der Waals surface area contributed by atoms with Gasteiger partial charge in [-0.1, -0.05) is 36.4 Å². The quantitative estimate of drug-likeness (QED) is 0.753. The number of anilines is 1. The lowest BCUT2D eigenvalue weighted by Crippen LogP contribution is -2.27. The van der Waals surface area contributed by atoms with Gasteiger partial charge in [0.25, 0.3) is 0 Å². The highest BCUT2D eigenvalue weighted by molar-refractivity contribution is 5.46. The monoisotopic (exact) mass is 333 g/mol. The number of hydrogen-bond donors (Lipinski definition) is 1. The maximum Gasteiger partial charge on any atom is 0.151 e. The summed E-state index contributed by atoms with van der Waals surface area (Å²) in [6.07, 6.45) is 3.01. The van der Waals surface area contributed by atoms with Crippen LogP contribution < -0.4 is 10.2 Å². The first-order valence-electron chi connectivity index (χ1n) is 8.85. The summed E-state index contributed by atoms with van der Waals surface area (Å²) in [6.45, 7) is 3.99. The summed E-state index contributed by atoms with van der Waals surface area (Å²) < 4.78 is 2.04. The molecule has 1 saturated heterocycles. The van der Waals surface area contributed by atoms with Crippen molar-refractivity contribution in [2.75, 3.05) is 24.5 Å². The lowest BCUT2D eigenvalue weighted by molar-refractivity contribution is 0.508. The normalized spacial score (nSPS) is 17.1. The largest absolute Gasteiger partial charge is 0.371 e. The van der Waals surface area contributed by atoms with Crippen molar-refractivity contribution in [2.45, 2.75) is 13.0 Å². The van der Waals surface area contributed by atoms with Gasteiger partial charge in [-0.2, -0.15) is 0 Å². The molecule has 1 aliphatic heterocycles. The molecule has 0 amide bonds. The molecule has 4 rings (SSSR count). The Kier molecular flexibility index (Phi) is 4.74. The molecule has 1 N–H and O–H groups in total. The molecule has 5 nitrogen and oxygen atoms in total. The van der Waals surface area contributed by atoms with E-state index in [1.54, 1.807) is 6.33 Å². The molecule has 1 aromatic heterocycles. The summed E-state index contributed by atoms with van der Waals surface area (Å²) in [4.78, 5) is 2.47. The minimum Gasteiger partial charge on any atom is -0.371 e. The van der Waals surface area contributed by atoms with Crippen LogP contribution in [0.1, 0.15) is 12.2 Å². The highest BCUT2D eigenvalue weighted by Crippen LogP contribution is 2.23. The van der Waals surface area contributed by atoms with E-state index in [0.717, 1.165) is 37.7 Å². The van der Waals surface area contributed by atoms with Gasteiger partial charge in [-0.25, -0.2) is 0 Å². The fourth-order valence-electron chi connectivity index (χ4n) is 3.44. The molecule has 128 valence electrons. The van der Waals surface area contributed by atoms with E-state index in [0.29, 0.717) is 5.92 Å². The minimum absolute atomic E-state index is 0.674. The van der Waals surface area contributed by atoms with E-state index in [2.05, 4.69) is 62.9 Å². The Morgan fingerprint density at radius 3 is 2.44 bits per heavy atom. The molecule has 1 atom stereocenters. The van der Waals surface area contributed by atoms with E-state index < -0.39 is 0 Å². The van der Waals surface area contributed by atoms with Crippen LogP contribution in [0.5, 0.6) is 0 Å². The lowest BCUT2D eigenvalue weighted by atomic mass is 10.1. The molecule has 1 aliphatic rings. The zero-order valence-corrected chi connectivity index (χ0v) is 14.3. The third kappa shape index (κ3) is 3.72. The number of benzene rings is 2. The van der Waals surface area contributed by atoms with Crippen molar-refractivity contribution >= 4 is 5.69 Å². The number of hydrogen-bond acceptors (Lipinski definition) is 4. The first-order valence-corrected chi connectivity index (χ1v) is 8.85. The summed E-state index contributed by atoms with van der Waals surface area (Å²) in [6, 6.07) is 20.9. The van der Waals surface area contributed by atoms with Gasteiger partial charge >= 0.3 is 0 Å². The van der Waals surface area contributed by atoms with Crippen LogP contribution in [0.2, 0.25) is 0 Å². The second-order valence-corrected chi connectivity index (χ2v) is 6.52. The summed E-state index contributed by atoms with van der Waals surface area (Å²) in [5.41, 5.74) is 2.43. The standard InChI is InChI=1S/C20H23N5/c1-3-7-18(8-4-1)24-12-11-17(15-24)13-21-14-20-23-22-16-25(20)19-9-5-2-6-10-19/h1-10,16-17,21H,11-15H2. The van der Waals surface area contributed by atoms with E-state index in [1.807, 2.05) is 22.8 Å². The Balaban J connectivity index is 1.30. The number of nitrogens with zero attached hydrogens (tertiary/aromatic N) is 4. The van der Waals surface area contributed by atoms with Crippen LogP contribution in [0.25, 0.3) is 5.69 Å². The van der Waals surface area contributed by atoms with Gasteiger partial charge in [0.2, 0.25) is 0 Å². The Morgan fingerprint density at radius 2 is 1.68 bits per heavy atom. The smallest absolute Gasteiger partial charge is 0.151 e. The SMILES string of the molecule is c1ccc(N2CCC(CNCc3nncn3-c3ccccc3)C2)cc1. The van der Waals surface area contributed by atoms with Gasteiger partial charge in [0, 0.05) is 31.0 Å². The number of rotatable bonds is 6. The molecule has 0 bridgehead atoms. The molecule has 0 radical (unpaired) electrons. The highest BCUT2D eigenvalue weighted by atomic mass is 15.3. The molecule has 0 spiro atoms. The molecule has 25 heavy (non-hydrogen) atoms. The molecule has 1 fully saturated rings. The zero-order valence-electron chi connectivity index (χ0n) is 14.3. The van der Waals surface area contributed by atoms with Crippen LogP contribution in [0.15, 0.2) is 67.0 Å². The van der Waals surface area contributed by atoms with Crippen molar-refractivity contribution in [2.24, 2.45) is 5.92 Å². The molecular formula is C20H23N5. The van der Waals surface area contributed by atoms with Crippen molar-refractivity contribution < 1.29 is 0 Å². The second-order valence-electron chi connectivity index (χ2n) is 6.52. The molecule has 2 heterocycles. The first kappa shape index (κ1) is 15.8. The van der Waals surface area contributed by atoms with E-state index in [1.165, 1.54) is 12.1 Å². The minimum atomic E-state index is 0.674. The average molecular weight is 333 g/mol. The summed E-state index contributed by atoms with van der Waals surface area (Å²) in [5, 5.41) is 11.9. The van der Waals surface area contributed by atoms with Gasteiger partial charge in [-0.3, -0.25) is 4.57 Å². The fraction of sp³-hybridized carbons (Fsp3) is 0.300. The van der Waals surface area contributed by atoms with E-state index in [9.17, 15) is 0 Å². The molecule has 1 unspecified atom stereocenters. The van der Waals surface area contributed by atoms with Crippen LogP contribution in [-0.2, 0) is 6.54 Å². The van der Waals surface area contributed by atoms with Crippen molar-refractivity contribution in [3.8, 4) is 5.69 Å². The van der Waals surface area contributed by atoms with Gasteiger partial charge in [-0.15, -0.1) is 10.2 Å². The van der Waals surface area contributed by atoms with Crippen molar-refractivity contribution in [1.29, 1.82) is 0 Å². The fourth-order valence-corrected chi connectivity index (χ4v) is 3.44. The summed E-state index contributed by atoms with van der Waals surface area (Å²) in [7, 11) is 0. The van der Waals surface area contributed by atoms with Crippen LogP contribution in [0.4, 0.5) is 5.69 Å². The summed E-state index contributed by atoms with van der Waals surface area (Å²) >= 11 is 0. The summed E-state index contributed by atoms with van der Waals surface area (Å²) in [5.74, 6) is 1.62. The predicted octanol–water partition coefficient (Wildman–Crippen LogP) is 2.88. The van der Waals surface area contributed by atoms with Crippen molar-refractivity contribution in [3.05, 3.63) is 72.8 Å². The van der Waals surface area contributed by atoms with Gasteiger partial charge in [-0.05, 0) is 36.6 Å². The molecule has 0 aliphatic carbocycles. The Hall–Kier alpha value is -2.66. The average Bonchev–Trinajstić information content (AvgIpc) is 3.33. The molecule has 5 heteroatoms. The van der Waals surface area contributed by atoms with Gasteiger partial charge in [0.15, 0.2) is 5.82 Å². The second kappa shape index (κ2) is 7.49. The zero-order chi connectivity index (χ0) is 16.9. The van der Waals surface area contributed by atoms with Gasteiger partial charge in [0.05, 0.1) is 6.54 Å². The molecule has 0 saturated carbocycles. The third-order valence-corrected chi connectivity index (χ3v) is 4.78. The molecular weight excluding hydrogens is 310 g/mol. The lowest BCUT2D eigenvalue weighted by Gasteiger charge is -2.18. The van der Waals surface area contributed by atoms with Crippen molar-refractivity contribution in [1.82, 2.24) is 20.1 Å². The molecule has 3 aromatic rings. The third-order valence-electron chi connectivity index (χ3n) is 4.78. The van der Waals surface area contributed by atoms with E-state index in [4.69, 9.17) is 0 Å². The van der Waals surface area contributed by atoms with Crippen LogP contribution >= 0.6 is 0 Å². The van der Waals surface area contributed by atoms with Crippen LogP contribution in [-0.4, -0.2) is 34.4 Å². The Bertz CT molecular complexity index is 784. The van der Waals surface area contributed by atoms with E-state index >= 15 is 0 Å². The van der Waals surface area contributed by atoms with Crippen molar-refractivity contribution in [3.63, 3.8) is 0 Å². The van der Waals surface area contributed by atoms with Gasteiger partial charge in [0.1, 0.15) is 6.33 Å². The topological polar surface area (TPSA) is 46.0 Å². The first-order chi connectivity index (χ1) is 12.4. The molecule has 2 aromatic carbocycles. The number of nitrogens with one attached hydrogen (secondary N) is 1. The maximum atomic E-state index is 4.26. The van der Waals surface area contributed by atoms with Crippen LogP contribution in [0, 0.1) is 5.92 Å². The number of para-hydroxylation sites is 2.